The smallest absolute Gasteiger partial charge is 0.268 e. The number of benzene rings is 1. The van der Waals surface area contributed by atoms with Crippen LogP contribution < -0.4 is 20.9 Å². The molecule has 0 unspecified atom stereocenters. The third kappa shape index (κ3) is 2.95. The highest BCUT2D eigenvalue weighted by molar-refractivity contribution is 5.68. The van der Waals surface area contributed by atoms with Gasteiger partial charge in [0.05, 0.1) is 20.8 Å². The van der Waals surface area contributed by atoms with Crippen molar-refractivity contribution in [1.29, 1.82) is 0 Å². The van der Waals surface area contributed by atoms with Crippen molar-refractivity contribution in [3.05, 3.63) is 40.9 Å². The van der Waals surface area contributed by atoms with Crippen molar-refractivity contribution in [3.63, 3.8) is 0 Å². The monoisotopic (exact) mass is 284 g/mol. The summed E-state index contributed by atoms with van der Waals surface area (Å²) in [5, 5.41) is 0. The average Bonchev–Trinajstić information content (AvgIpc) is 2.49. The van der Waals surface area contributed by atoms with E-state index >= 15 is 0 Å². The molecule has 1 heterocycles. The summed E-state index contributed by atoms with van der Waals surface area (Å²) >= 11 is 0. The van der Waals surface area contributed by atoms with Gasteiger partial charge < -0.3 is 20.9 Å². The Labute approximate surface area is 122 Å². The van der Waals surface area contributed by atoms with Crippen molar-refractivity contribution in [2.75, 3.05) is 25.7 Å². The maximum absolute atomic E-state index is 7.19. The minimum Gasteiger partial charge on any atom is -0.508 e. The first kappa shape index (κ1) is 14.4. The first-order valence-electron chi connectivity index (χ1n) is 6.08. The molecular formula is C14H15N5O2. The summed E-state index contributed by atoms with van der Waals surface area (Å²) < 4.78 is 10.5. The SMILES string of the molecule is COc1cc(Cc2cnc(N)nc2N)cc(OC)c1[N+]#[11C-]. The van der Waals surface area contributed by atoms with E-state index in [2.05, 4.69) is 14.8 Å². The zero-order valence-electron chi connectivity index (χ0n) is 11.8. The molecule has 0 fully saturated rings. The van der Waals surface area contributed by atoms with Crippen LogP contribution in [0.4, 0.5) is 17.5 Å². The lowest BCUT2D eigenvalue weighted by molar-refractivity contribution is 0.398. The Balaban J connectivity index is 2.43. The molecule has 0 spiro atoms. The van der Waals surface area contributed by atoms with Gasteiger partial charge in [0.15, 0.2) is 0 Å². The average molecular weight is 284 g/mol. The van der Waals surface area contributed by atoms with E-state index in [9.17, 15) is 0 Å². The highest BCUT2D eigenvalue weighted by atomic mass is 16.5. The van der Waals surface area contributed by atoms with E-state index < -0.39 is 0 Å². The molecule has 0 aliphatic carbocycles. The minimum atomic E-state index is 0.134. The van der Waals surface area contributed by atoms with Crippen molar-refractivity contribution < 1.29 is 9.47 Å². The molecule has 4 N–H and O–H groups in total. The van der Waals surface area contributed by atoms with Crippen LogP contribution in [0.5, 0.6) is 11.5 Å². The molecule has 2 aromatic rings. The van der Waals surface area contributed by atoms with Gasteiger partial charge in [-0.15, -0.1) is 0 Å². The third-order valence-corrected chi connectivity index (χ3v) is 2.96. The number of nitrogens with two attached hydrogens (primary N) is 2. The Morgan fingerprint density at radius 1 is 1.19 bits per heavy atom. The van der Waals surface area contributed by atoms with Crippen LogP contribution in [-0.4, -0.2) is 24.2 Å². The Bertz CT molecular complexity index is 684. The molecular weight excluding hydrogens is 269 g/mol. The van der Waals surface area contributed by atoms with Gasteiger partial charge in [0.1, 0.15) is 17.3 Å². The number of hydrogen-bond acceptors (Lipinski definition) is 6. The number of anilines is 2. The quantitative estimate of drug-likeness (QED) is 0.830. The van der Waals surface area contributed by atoms with E-state index in [1.165, 1.54) is 14.2 Å². The van der Waals surface area contributed by atoms with Gasteiger partial charge in [-0.1, -0.05) is 0 Å². The Morgan fingerprint density at radius 2 is 1.81 bits per heavy atom. The number of rotatable bonds is 4. The standard InChI is InChI=1S/C14H15N5O2/c1-17-12-10(20-2)5-8(6-11(12)21-3)4-9-7-18-14(16)19-13(9)15/h5-7H,4H2,2-3H3,(H4,15,16,18,19)/i1-1. The van der Waals surface area contributed by atoms with Crippen molar-refractivity contribution in [3.8, 4) is 11.5 Å². The van der Waals surface area contributed by atoms with Crippen molar-refractivity contribution in [2.24, 2.45) is 0 Å². The molecule has 2 rings (SSSR count). The summed E-state index contributed by atoms with van der Waals surface area (Å²) in [5.74, 6) is 1.37. The van der Waals surface area contributed by atoms with Crippen LogP contribution in [0.3, 0.4) is 0 Å². The van der Waals surface area contributed by atoms with Gasteiger partial charge in [-0.05, 0) is 17.7 Å². The summed E-state index contributed by atoms with van der Waals surface area (Å²) in [6.45, 7) is 7.19. The molecule has 0 aliphatic heterocycles. The van der Waals surface area contributed by atoms with Gasteiger partial charge in [0.2, 0.25) is 5.95 Å². The van der Waals surface area contributed by atoms with Crippen LogP contribution in [0.25, 0.3) is 4.85 Å². The van der Waals surface area contributed by atoms with Crippen LogP contribution >= 0.6 is 0 Å². The van der Waals surface area contributed by atoms with Crippen LogP contribution in [0.2, 0.25) is 0 Å². The van der Waals surface area contributed by atoms with Gasteiger partial charge in [-0.3, -0.25) is 0 Å². The normalized spacial score (nSPS) is 9.95. The van der Waals surface area contributed by atoms with Crippen LogP contribution in [0, 0.1) is 6.57 Å². The van der Waals surface area contributed by atoms with Gasteiger partial charge in [0, 0.05) is 18.2 Å². The van der Waals surface area contributed by atoms with E-state index in [1.807, 2.05) is 0 Å². The second kappa shape index (κ2) is 5.96. The largest absolute Gasteiger partial charge is 0.508 e. The highest BCUT2D eigenvalue weighted by Gasteiger charge is 2.14. The zero-order valence-corrected chi connectivity index (χ0v) is 11.8. The first-order valence-corrected chi connectivity index (χ1v) is 6.08. The summed E-state index contributed by atoms with van der Waals surface area (Å²) in [4.78, 5) is 11.3. The summed E-state index contributed by atoms with van der Waals surface area (Å²) in [6.07, 6.45) is 2.07. The topological polar surface area (TPSA) is 101 Å². The second-order valence-corrected chi connectivity index (χ2v) is 4.28. The molecule has 108 valence electrons. The fourth-order valence-corrected chi connectivity index (χ4v) is 1.95. The lowest BCUT2D eigenvalue weighted by atomic mass is 10.1. The van der Waals surface area contributed by atoms with Gasteiger partial charge in [-0.25, -0.2) is 9.83 Å². The molecule has 7 heteroatoms. The number of nitrogens with zero attached hydrogens (tertiary/aromatic N) is 3. The van der Waals surface area contributed by atoms with Crippen LogP contribution in [-0.2, 0) is 6.42 Å². The predicted octanol–water partition coefficient (Wildman–Crippen LogP) is 1.80. The molecule has 21 heavy (non-hydrogen) atoms. The molecule has 0 saturated heterocycles. The van der Waals surface area contributed by atoms with Crippen molar-refractivity contribution in [1.82, 2.24) is 9.97 Å². The van der Waals surface area contributed by atoms with E-state index in [0.29, 0.717) is 29.4 Å². The zero-order chi connectivity index (χ0) is 15.4. The molecule has 1 aromatic carbocycles. The number of nitrogen functional groups attached to an aromatic ring is 2. The number of ether oxygens (including phenoxy) is 2. The molecule has 0 bridgehead atoms. The van der Waals surface area contributed by atoms with E-state index in [1.54, 1.807) is 18.3 Å². The molecule has 1 aromatic heterocycles. The predicted molar refractivity (Wildman–Crippen MR) is 79.5 cm³/mol. The van der Waals surface area contributed by atoms with E-state index in [-0.39, 0.29) is 5.95 Å². The maximum Gasteiger partial charge on any atom is 0.268 e. The van der Waals surface area contributed by atoms with Crippen molar-refractivity contribution in [2.45, 2.75) is 6.42 Å². The number of hydrogen-bond donors (Lipinski definition) is 2. The maximum atomic E-state index is 7.19. The van der Waals surface area contributed by atoms with Gasteiger partial charge in [0.25, 0.3) is 5.69 Å². The Hall–Kier alpha value is -3.01. The molecule has 0 amide bonds. The second-order valence-electron chi connectivity index (χ2n) is 4.28. The van der Waals surface area contributed by atoms with Gasteiger partial charge >= 0.3 is 0 Å². The molecule has 0 aliphatic rings. The van der Waals surface area contributed by atoms with E-state index in [0.717, 1.165) is 11.1 Å². The lowest BCUT2D eigenvalue weighted by Crippen LogP contribution is -2.04. The fourth-order valence-electron chi connectivity index (χ4n) is 1.95. The first-order chi connectivity index (χ1) is 10.1. The summed E-state index contributed by atoms with van der Waals surface area (Å²) in [7, 11) is 3.02. The fraction of sp³-hybridized carbons (Fsp3) is 0.214. The lowest BCUT2D eigenvalue weighted by Gasteiger charge is -2.12. The number of aromatic nitrogens is 2. The Morgan fingerprint density at radius 3 is 2.29 bits per heavy atom. The number of methoxy groups -OCH3 is 2. The highest BCUT2D eigenvalue weighted by Crippen LogP contribution is 2.39. The third-order valence-electron chi connectivity index (χ3n) is 2.96. The molecule has 0 saturated carbocycles. The van der Waals surface area contributed by atoms with Gasteiger partial charge in [-0.2, -0.15) is 4.98 Å². The van der Waals surface area contributed by atoms with E-state index in [4.69, 9.17) is 27.5 Å². The molecule has 0 radical (unpaired) electrons. The van der Waals surface area contributed by atoms with Crippen molar-refractivity contribution >= 4 is 17.5 Å². The summed E-state index contributed by atoms with van der Waals surface area (Å²) in [5.41, 5.74) is 13.2. The molecule has 0 atom stereocenters. The van der Waals surface area contributed by atoms with Crippen LogP contribution in [0.1, 0.15) is 11.1 Å². The van der Waals surface area contributed by atoms with Crippen LogP contribution in [0.15, 0.2) is 18.3 Å². The Kier molecular flexibility index (Phi) is 4.09. The summed E-state index contributed by atoms with van der Waals surface area (Å²) in [6, 6.07) is 3.54. The molecule has 7 nitrogen and oxygen atoms in total. The minimum absolute atomic E-state index is 0.134.